The average Bonchev–Trinajstić information content (AvgIpc) is 3.44. The molecule has 0 aliphatic carbocycles. The Bertz CT molecular complexity index is 3650. The van der Waals surface area contributed by atoms with E-state index in [0.717, 1.165) is 38.2 Å². The number of carbonyl (C=O) groups is 4. The molecule has 15 heteroatoms. The number of esters is 1. The number of benzene rings is 9. The summed E-state index contributed by atoms with van der Waals surface area (Å²) in [4.78, 5) is 66.1. The highest BCUT2D eigenvalue weighted by Gasteiger charge is 2.22. The molecule has 9 aromatic rings. The van der Waals surface area contributed by atoms with Crippen LogP contribution in [0, 0.1) is 10.1 Å². The predicted octanol–water partition coefficient (Wildman–Crippen LogP) is 13.0. The quantitative estimate of drug-likeness (QED) is 0.0396. The van der Waals surface area contributed by atoms with Crippen molar-refractivity contribution in [2.24, 2.45) is 0 Å². The molecule has 0 radical (unpaired) electrons. The second-order valence-corrected chi connectivity index (χ2v) is 17.8. The summed E-state index contributed by atoms with van der Waals surface area (Å²) in [5.41, 5.74) is 3.57. The summed E-state index contributed by atoms with van der Waals surface area (Å²) in [6, 6.07) is 54.2. The van der Waals surface area contributed by atoms with E-state index in [2.05, 4.69) is 16.0 Å². The molecule has 0 aromatic heterocycles. The maximum atomic E-state index is 14.3. The highest BCUT2D eigenvalue weighted by molar-refractivity contribution is 6.09. The largest absolute Gasteiger partial charge is 0.489 e. The average molecular weight is 1020 g/mol. The zero-order valence-electron chi connectivity index (χ0n) is 41.5. The summed E-state index contributed by atoms with van der Waals surface area (Å²) in [6.45, 7) is 3.80. The normalized spacial score (nSPS) is 10.9. The number of carbonyl (C=O) groups excluding carboxylic acids is 4. The van der Waals surface area contributed by atoms with Crippen LogP contribution in [0.15, 0.2) is 188 Å². The Morgan fingerprint density at radius 2 is 0.974 bits per heavy atom. The molecule has 0 fully saturated rings. The van der Waals surface area contributed by atoms with Crippen molar-refractivity contribution in [2.75, 3.05) is 23.1 Å². The molecule has 0 aliphatic heterocycles. The Balaban J connectivity index is 0.991. The lowest BCUT2D eigenvalue weighted by Crippen LogP contribution is -2.17. The predicted molar refractivity (Wildman–Crippen MR) is 291 cm³/mol. The first-order chi connectivity index (χ1) is 36.9. The molecule has 0 spiro atoms. The van der Waals surface area contributed by atoms with Gasteiger partial charge in [-0.15, -0.1) is 0 Å². The minimum Gasteiger partial charge on any atom is -0.489 e. The van der Waals surface area contributed by atoms with Crippen molar-refractivity contribution in [1.82, 2.24) is 0 Å². The van der Waals surface area contributed by atoms with Crippen molar-refractivity contribution < 1.29 is 47.8 Å². The van der Waals surface area contributed by atoms with E-state index in [-0.39, 0.29) is 88.2 Å². The first-order valence-electron chi connectivity index (χ1n) is 24.2. The van der Waals surface area contributed by atoms with Crippen molar-refractivity contribution in [3.05, 3.63) is 237 Å². The number of nitrogens with zero attached hydrogens (tertiary/aromatic N) is 1. The third kappa shape index (κ3) is 12.2. The number of fused-ring (bicyclic) bond motifs is 2. The molecule has 0 atom stereocenters. The minimum atomic E-state index is -0.621. The molecular formula is C61H50N4O11. The Morgan fingerprint density at radius 1 is 0.474 bits per heavy atom. The maximum Gasteiger partial charge on any atom is 0.337 e. The van der Waals surface area contributed by atoms with Crippen molar-refractivity contribution in [3.8, 4) is 23.0 Å². The van der Waals surface area contributed by atoms with Gasteiger partial charge in [-0.25, -0.2) is 4.79 Å². The van der Waals surface area contributed by atoms with E-state index in [1.807, 2.05) is 129 Å². The zero-order valence-corrected chi connectivity index (χ0v) is 41.5. The van der Waals surface area contributed by atoms with Gasteiger partial charge in [0.2, 0.25) is 0 Å². The van der Waals surface area contributed by atoms with E-state index in [9.17, 15) is 29.3 Å². The van der Waals surface area contributed by atoms with Crippen LogP contribution >= 0.6 is 0 Å². The standard InChI is InChI=1S/C61H50N4O11/c1-38(2)76-56-34-47(61(69)72-3)24-28-52(56)64-59(67)44-22-26-50(54(31-44)73-35-39-12-5-4-6-13-39)62-58(66)45-23-27-51(55(32-45)75-37-48-18-11-17-42-15-9-10-19-49(42)48)63-60(68)46-25-29-53(65(70)71)57(33-46)74-36-40-20-21-41-14-7-8-16-43(41)30-40/h4-34,38H,35-37H2,1-3H3,(H,62,66)(H,63,68)(H,64,67). The van der Waals surface area contributed by atoms with Crippen LogP contribution in [-0.2, 0) is 24.6 Å². The monoisotopic (exact) mass is 1010 g/mol. The molecule has 3 amide bonds. The molecule has 0 heterocycles. The summed E-state index contributed by atoms with van der Waals surface area (Å²) in [5, 5.41) is 24.7. The summed E-state index contributed by atoms with van der Waals surface area (Å²) in [7, 11) is 1.27. The Morgan fingerprint density at radius 3 is 1.61 bits per heavy atom. The lowest BCUT2D eigenvalue weighted by Gasteiger charge is -2.18. The number of ether oxygens (including phenoxy) is 5. The van der Waals surface area contributed by atoms with Crippen molar-refractivity contribution in [3.63, 3.8) is 0 Å². The second-order valence-electron chi connectivity index (χ2n) is 17.8. The van der Waals surface area contributed by atoms with E-state index < -0.39 is 28.6 Å². The number of amides is 3. The van der Waals surface area contributed by atoms with Crippen LogP contribution in [-0.4, -0.2) is 41.8 Å². The smallest absolute Gasteiger partial charge is 0.337 e. The molecule has 9 aromatic carbocycles. The first kappa shape index (κ1) is 50.9. The topological polar surface area (TPSA) is 194 Å². The third-order valence-corrected chi connectivity index (χ3v) is 12.1. The SMILES string of the molecule is COC(=O)c1ccc(NC(=O)c2ccc(NC(=O)c3ccc(NC(=O)c4ccc([N+](=O)[O-])c(OCc5ccc6ccccc6c5)c4)c(OCc4cccc5ccccc45)c3)c(OCc3ccccc3)c2)c(OC(C)C)c1. The lowest BCUT2D eigenvalue weighted by atomic mass is 10.1. The summed E-state index contributed by atoms with van der Waals surface area (Å²) in [6.07, 6.45) is -0.282. The number of rotatable bonds is 19. The van der Waals surface area contributed by atoms with Gasteiger partial charge in [-0.3, -0.25) is 24.5 Å². The van der Waals surface area contributed by atoms with Crippen LogP contribution in [0.3, 0.4) is 0 Å². The number of hydrogen-bond donors (Lipinski definition) is 3. The Kier molecular flexibility index (Phi) is 15.6. The Hall–Kier alpha value is -10.0. The molecule has 0 unspecified atom stereocenters. The van der Waals surface area contributed by atoms with E-state index in [1.165, 1.54) is 67.8 Å². The van der Waals surface area contributed by atoms with Gasteiger partial charge in [0.1, 0.15) is 37.1 Å². The molecule has 0 saturated carbocycles. The minimum absolute atomic E-state index is 0.0114. The lowest BCUT2D eigenvalue weighted by molar-refractivity contribution is -0.385. The van der Waals surface area contributed by atoms with Gasteiger partial charge < -0.3 is 39.6 Å². The van der Waals surface area contributed by atoms with Gasteiger partial charge in [0.15, 0.2) is 5.75 Å². The van der Waals surface area contributed by atoms with Crippen molar-refractivity contribution >= 4 is 68.0 Å². The molecule has 9 rings (SSSR count). The van der Waals surface area contributed by atoms with Crippen LogP contribution in [0.5, 0.6) is 23.0 Å². The fraction of sp³-hybridized carbons (Fsp3) is 0.115. The summed E-state index contributed by atoms with van der Waals surface area (Å²) in [5.74, 6) is -1.77. The third-order valence-electron chi connectivity index (χ3n) is 12.1. The number of nitrogens with one attached hydrogen (secondary N) is 3. The van der Waals surface area contributed by atoms with Gasteiger partial charge in [0.05, 0.1) is 40.8 Å². The highest BCUT2D eigenvalue weighted by Crippen LogP contribution is 2.35. The molecule has 0 aliphatic rings. The summed E-state index contributed by atoms with van der Waals surface area (Å²) < 4.78 is 29.5. The summed E-state index contributed by atoms with van der Waals surface area (Å²) >= 11 is 0. The van der Waals surface area contributed by atoms with Gasteiger partial charge in [-0.05, 0) is 119 Å². The number of methoxy groups -OCH3 is 1. The van der Waals surface area contributed by atoms with Crippen LogP contribution in [0.1, 0.15) is 72.0 Å². The van der Waals surface area contributed by atoms with Crippen LogP contribution in [0.4, 0.5) is 22.7 Å². The molecule has 0 bridgehead atoms. The molecular weight excluding hydrogens is 965 g/mol. The van der Waals surface area contributed by atoms with E-state index in [0.29, 0.717) is 5.69 Å². The first-order valence-corrected chi connectivity index (χ1v) is 24.2. The second kappa shape index (κ2) is 23.2. The van der Waals surface area contributed by atoms with Crippen molar-refractivity contribution in [1.29, 1.82) is 0 Å². The van der Waals surface area contributed by atoms with Gasteiger partial charge in [0, 0.05) is 28.8 Å². The van der Waals surface area contributed by atoms with E-state index in [4.69, 9.17) is 23.7 Å². The number of hydrogen-bond acceptors (Lipinski definition) is 11. The van der Waals surface area contributed by atoms with E-state index in [1.54, 1.807) is 12.1 Å². The Labute approximate surface area is 437 Å². The number of nitro groups is 1. The van der Waals surface area contributed by atoms with Gasteiger partial charge in [-0.2, -0.15) is 0 Å². The highest BCUT2D eigenvalue weighted by atomic mass is 16.6. The molecule has 0 saturated heterocycles. The fourth-order valence-corrected chi connectivity index (χ4v) is 8.30. The van der Waals surface area contributed by atoms with Gasteiger partial charge in [-0.1, -0.05) is 109 Å². The maximum absolute atomic E-state index is 14.3. The van der Waals surface area contributed by atoms with Gasteiger partial charge in [0.25, 0.3) is 17.7 Å². The van der Waals surface area contributed by atoms with Gasteiger partial charge >= 0.3 is 11.7 Å². The number of nitro benzene ring substituents is 1. The van der Waals surface area contributed by atoms with E-state index >= 15 is 0 Å². The van der Waals surface area contributed by atoms with Crippen LogP contribution < -0.4 is 34.9 Å². The van der Waals surface area contributed by atoms with Crippen LogP contribution in [0.25, 0.3) is 21.5 Å². The molecule has 3 N–H and O–H groups in total. The number of anilines is 3. The van der Waals surface area contributed by atoms with Crippen LogP contribution in [0.2, 0.25) is 0 Å². The zero-order chi connectivity index (χ0) is 53.1. The fourth-order valence-electron chi connectivity index (χ4n) is 8.30. The molecule has 380 valence electrons. The molecule has 76 heavy (non-hydrogen) atoms. The molecule has 15 nitrogen and oxygen atoms in total. The van der Waals surface area contributed by atoms with Crippen molar-refractivity contribution in [2.45, 2.75) is 39.8 Å².